The van der Waals surface area contributed by atoms with Gasteiger partial charge in [-0.25, -0.2) is 4.79 Å². The molecule has 96 valence electrons. The third-order valence-electron chi connectivity index (χ3n) is 2.08. The standard InChI is InChI=1S/C14H22O3/c1-13(15)11-9-7-5-3-4-6-8-10-12-14(16)17-2/h5,7,9-13,15H,3-4,6,8H2,1-2H3/b7-5-,11-9+,12-10-. The molecule has 0 aromatic rings. The van der Waals surface area contributed by atoms with Crippen LogP contribution in [0.15, 0.2) is 36.5 Å². The molecule has 0 aromatic heterocycles. The van der Waals surface area contributed by atoms with Gasteiger partial charge in [0.25, 0.3) is 0 Å². The zero-order valence-electron chi connectivity index (χ0n) is 10.6. The van der Waals surface area contributed by atoms with Crippen molar-refractivity contribution < 1.29 is 14.6 Å². The molecule has 0 amide bonds. The van der Waals surface area contributed by atoms with Crippen LogP contribution in [0.2, 0.25) is 0 Å². The Morgan fingerprint density at radius 1 is 1.24 bits per heavy atom. The van der Waals surface area contributed by atoms with Gasteiger partial charge in [-0.05, 0) is 32.6 Å². The highest BCUT2D eigenvalue weighted by Gasteiger charge is 1.89. The zero-order valence-corrected chi connectivity index (χ0v) is 10.6. The number of hydrogen-bond acceptors (Lipinski definition) is 3. The van der Waals surface area contributed by atoms with Crippen molar-refractivity contribution in [1.29, 1.82) is 0 Å². The number of esters is 1. The van der Waals surface area contributed by atoms with Crippen LogP contribution in [0.4, 0.5) is 0 Å². The van der Waals surface area contributed by atoms with Crippen molar-refractivity contribution in [2.45, 2.75) is 38.7 Å². The van der Waals surface area contributed by atoms with Crippen molar-refractivity contribution in [3.63, 3.8) is 0 Å². The molecule has 3 nitrogen and oxygen atoms in total. The third-order valence-corrected chi connectivity index (χ3v) is 2.08. The summed E-state index contributed by atoms with van der Waals surface area (Å²) < 4.78 is 4.48. The Morgan fingerprint density at radius 3 is 2.47 bits per heavy atom. The number of aliphatic hydroxyl groups is 1. The quantitative estimate of drug-likeness (QED) is 0.306. The molecule has 0 saturated carbocycles. The first-order valence-electron chi connectivity index (χ1n) is 5.92. The van der Waals surface area contributed by atoms with Gasteiger partial charge in [-0.2, -0.15) is 0 Å². The van der Waals surface area contributed by atoms with E-state index >= 15 is 0 Å². The fourth-order valence-electron chi connectivity index (χ4n) is 1.17. The molecule has 0 spiro atoms. The summed E-state index contributed by atoms with van der Waals surface area (Å²) in [7, 11) is 1.37. The molecular weight excluding hydrogens is 216 g/mol. The van der Waals surface area contributed by atoms with Crippen LogP contribution in [0.1, 0.15) is 32.6 Å². The monoisotopic (exact) mass is 238 g/mol. The van der Waals surface area contributed by atoms with E-state index < -0.39 is 0 Å². The average molecular weight is 238 g/mol. The Morgan fingerprint density at radius 2 is 1.88 bits per heavy atom. The summed E-state index contributed by atoms with van der Waals surface area (Å²) >= 11 is 0. The van der Waals surface area contributed by atoms with E-state index in [1.165, 1.54) is 13.2 Å². The smallest absolute Gasteiger partial charge is 0.330 e. The molecule has 1 atom stereocenters. The number of carbonyl (C=O) groups is 1. The summed E-state index contributed by atoms with van der Waals surface area (Å²) in [5.74, 6) is -0.298. The lowest BCUT2D eigenvalue weighted by molar-refractivity contribution is -0.134. The molecule has 1 unspecified atom stereocenters. The van der Waals surface area contributed by atoms with Crippen LogP contribution in [0.25, 0.3) is 0 Å². The van der Waals surface area contributed by atoms with Gasteiger partial charge in [-0.1, -0.05) is 30.4 Å². The Bertz CT molecular complexity index is 275. The van der Waals surface area contributed by atoms with Crippen LogP contribution in [0, 0.1) is 0 Å². The molecule has 0 saturated heterocycles. The fraction of sp³-hybridized carbons (Fsp3) is 0.500. The molecule has 0 fully saturated rings. The van der Waals surface area contributed by atoms with Crippen LogP contribution >= 0.6 is 0 Å². The number of allylic oxidation sites excluding steroid dienone is 4. The maximum absolute atomic E-state index is 10.7. The highest BCUT2D eigenvalue weighted by molar-refractivity contribution is 5.81. The van der Waals surface area contributed by atoms with Gasteiger partial charge in [0.2, 0.25) is 0 Å². The summed E-state index contributed by atoms with van der Waals surface area (Å²) in [6.45, 7) is 1.72. The van der Waals surface area contributed by atoms with Crippen LogP contribution in [-0.2, 0) is 9.53 Å². The fourth-order valence-corrected chi connectivity index (χ4v) is 1.17. The molecule has 0 rings (SSSR count). The van der Waals surface area contributed by atoms with E-state index in [0.717, 1.165) is 25.7 Å². The maximum atomic E-state index is 10.7. The van der Waals surface area contributed by atoms with Gasteiger partial charge in [0.05, 0.1) is 13.2 Å². The molecule has 1 N–H and O–H groups in total. The van der Waals surface area contributed by atoms with E-state index in [9.17, 15) is 4.79 Å². The van der Waals surface area contributed by atoms with Crippen molar-refractivity contribution in [2.24, 2.45) is 0 Å². The lowest BCUT2D eigenvalue weighted by atomic mass is 10.2. The number of rotatable bonds is 8. The summed E-state index contributed by atoms with van der Waals surface area (Å²) in [4.78, 5) is 10.7. The Hall–Kier alpha value is -1.35. The second-order valence-electron chi connectivity index (χ2n) is 3.76. The van der Waals surface area contributed by atoms with Gasteiger partial charge >= 0.3 is 5.97 Å². The van der Waals surface area contributed by atoms with E-state index in [-0.39, 0.29) is 12.1 Å². The summed E-state index contributed by atoms with van der Waals surface area (Å²) in [6.07, 6.45) is 14.6. The number of aliphatic hydroxyl groups excluding tert-OH is 1. The normalized spacial score (nSPS) is 13.8. The van der Waals surface area contributed by atoms with Crippen LogP contribution in [0.3, 0.4) is 0 Å². The summed E-state index contributed by atoms with van der Waals surface area (Å²) in [6, 6.07) is 0. The highest BCUT2D eigenvalue weighted by Crippen LogP contribution is 2.02. The van der Waals surface area contributed by atoms with Gasteiger partial charge in [-0.3, -0.25) is 0 Å². The number of carbonyl (C=O) groups excluding carboxylic acids is 1. The van der Waals surface area contributed by atoms with E-state index in [1.54, 1.807) is 13.0 Å². The molecule has 17 heavy (non-hydrogen) atoms. The minimum absolute atomic E-state index is 0.298. The highest BCUT2D eigenvalue weighted by atomic mass is 16.5. The van der Waals surface area contributed by atoms with E-state index in [4.69, 9.17) is 5.11 Å². The van der Waals surface area contributed by atoms with E-state index in [0.29, 0.717) is 0 Å². The van der Waals surface area contributed by atoms with Crippen molar-refractivity contribution in [1.82, 2.24) is 0 Å². The average Bonchev–Trinajstić information content (AvgIpc) is 2.30. The van der Waals surface area contributed by atoms with Crippen molar-refractivity contribution >= 4 is 5.97 Å². The molecule has 0 aliphatic carbocycles. The first-order valence-corrected chi connectivity index (χ1v) is 5.92. The van der Waals surface area contributed by atoms with Crippen LogP contribution < -0.4 is 0 Å². The molecule has 0 aliphatic heterocycles. The Balaban J connectivity index is 3.41. The van der Waals surface area contributed by atoms with Gasteiger partial charge in [0.15, 0.2) is 0 Å². The first-order chi connectivity index (χ1) is 8.16. The van der Waals surface area contributed by atoms with Crippen LogP contribution in [0.5, 0.6) is 0 Å². The predicted octanol–water partition coefficient (Wildman–Crippen LogP) is 2.77. The lowest BCUT2D eigenvalue weighted by Gasteiger charge is -1.93. The maximum Gasteiger partial charge on any atom is 0.330 e. The number of ether oxygens (including phenoxy) is 1. The van der Waals surface area contributed by atoms with Gasteiger partial charge in [0.1, 0.15) is 0 Å². The molecule has 3 heteroatoms. The second-order valence-corrected chi connectivity index (χ2v) is 3.76. The molecule has 0 aromatic carbocycles. The summed E-state index contributed by atoms with van der Waals surface area (Å²) in [5.41, 5.74) is 0. The molecule has 0 bridgehead atoms. The third kappa shape index (κ3) is 12.6. The van der Waals surface area contributed by atoms with Crippen LogP contribution in [-0.4, -0.2) is 24.3 Å². The topological polar surface area (TPSA) is 46.5 Å². The van der Waals surface area contributed by atoms with Crippen molar-refractivity contribution in [3.8, 4) is 0 Å². The van der Waals surface area contributed by atoms with Gasteiger partial charge < -0.3 is 9.84 Å². The minimum Gasteiger partial charge on any atom is -0.466 e. The lowest BCUT2D eigenvalue weighted by Crippen LogP contribution is -1.93. The SMILES string of the molecule is COC(=O)/C=C\CCCC/C=C\C=C\C(C)O. The number of unbranched alkanes of at least 4 members (excludes halogenated alkanes) is 3. The Labute approximate surface area is 103 Å². The molecular formula is C14H22O3. The van der Waals surface area contributed by atoms with Crippen molar-refractivity contribution in [2.75, 3.05) is 7.11 Å². The predicted molar refractivity (Wildman–Crippen MR) is 69.6 cm³/mol. The molecule has 0 aliphatic rings. The minimum atomic E-state index is -0.386. The Kier molecular flexibility index (Phi) is 10.3. The second kappa shape index (κ2) is 11.1. The first kappa shape index (κ1) is 15.7. The van der Waals surface area contributed by atoms with E-state index in [2.05, 4.69) is 10.8 Å². The number of hydrogen-bond donors (Lipinski definition) is 1. The van der Waals surface area contributed by atoms with Crippen molar-refractivity contribution in [3.05, 3.63) is 36.5 Å². The zero-order chi connectivity index (χ0) is 12.9. The molecule has 0 heterocycles. The largest absolute Gasteiger partial charge is 0.466 e. The van der Waals surface area contributed by atoms with E-state index in [1.807, 2.05) is 18.2 Å². The summed E-state index contributed by atoms with van der Waals surface area (Å²) in [5, 5.41) is 8.95. The van der Waals surface area contributed by atoms with Gasteiger partial charge in [-0.15, -0.1) is 0 Å². The van der Waals surface area contributed by atoms with Gasteiger partial charge in [0, 0.05) is 6.08 Å². The molecule has 0 radical (unpaired) electrons. The number of methoxy groups -OCH3 is 1.